The Morgan fingerprint density at radius 3 is 2.81 bits per heavy atom. The van der Waals surface area contributed by atoms with Crippen LogP contribution in [-0.2, 0) is 4.79 Å². The van der Waals surface area contributed by atoms with Crippen LogP contribution >= 0.6 is 0 Å². The Bertz CT molecular complexity index is 693. The highest BCUT2D eigenvalue weighted by molar-refractivity contribution is 5.95. The van der Waals surface area contributed by atoms with Gasteiger partial charge in [-0.1, -0.05) is 0 Å². The number of carboxylic acids is 1. The second kappa shape index (κ2) is 5.82. The van der Waals surface area contributed by atoms with Crippen molar-refractivity contribution in [3.8, 4) is 5.75 Å². The van der Waals surface area contributed by atoms with Gasteiger partial charge in [0.2, 0.25) is 0 Å². The van der Waals surface area contributed by atoms with Gasteiger partial charge in [-0.05, 0) is 19.1 Å². The number of fused-ring (bicyclic) bond motifs is 1. The molecule has 0 atom stereocenters. The van der Waals surface area contributed by atoms with E-state index in [1.165, 1.54) is 4.90 Å². The molecule has 7 nitrogen and oxygen atoms in total. The Labute approximate surface area is 121 Å². The molecule has 0 bridgehead atoms. The first-order chi connectivity index (χ1) is 9.95. The molecule has 2 aromatic rings. The Morgan fingerprint density at radius 2 is 2.19 bits per heavy atom. The van der Waals surface area contributed by atoms with E-state index in [4.69, 9.17) is 9.84 Å². The number of pyridine rings is 1. The molecule has 0 spiro atoms. The summed E-state index contributed by atoms with van der Waals surface area (Å²) in [6.07, 6.45) is 1.64. The zero-order valence-electron chi connectivity index (χ0n) is 12.2. The van der Waals surface area contributed by atoms with Gasteiger partial charge in [0.05, 0.1) is 19.2 Å². The lowest BCUT2D eigenvalue weighted by molar-refractivity contribution is -0.137. The number of rotatable bonds is 5. The minimum atomic E-state index is -0.939. The van der Waals surface area contributed by atoms with Gasteiger partial charge in [0.15, 0.2) is 11.4 Å². The minimum absolute atomic E-state index is 0.0959. The molecule has 2 aromatic heterocycles. The monoisotopic (exact) mass is 291 g/mol. The van der Waals surface area contributed by atoms with Gasteiger partial charge in [-0.15, -0.1) is 0 Å². The molecule has 21 heavy (non-hydrogen) atoms. The van der Waals surface area contributed by atoms with Crippen molar-refractivity contribution < 1.29 is 19.4 Å². The third kappa shape index (κ3) is 2.81. The number of nitrogens with zero attached hydrogens (tertiary/aromatic N) is 3. The Morgan fingerprint density at radius 1 is 1.48 bits per heavy atom. The lowest BCUT2D eigenvalue weighted by Crippen LogP contribution is -2.30. The molecule has 0 unspecified atom stereocenters. The lowest BCUT2D eigenvalue weighted by atomic mass is 10.3. The summed E-state index contributed by atoms with van der Waals surface area (Å²) < 4.78 is 6.89. The molecule has 1 amide bonds. The molecule has 0 saturated heterocycles. The van der Waals surface area contributed by atoms with Crippen LogP contribution in [0.1, 0.15) is 22.6 Å². The number of aliphatic carboxylic acids is 1. The van der Waals surface area contributed by atoms with Crippen molar-refractivity contribution in [3.05, 3.63) is 29.7 Å². The van der Waals surface area contributed by atoms with Crippen LogP contribution in [-0.4, -0.2) is 52.0 Å². The van der Waals surface area contributed by atoms with Crippen LogP contribution in [0.2, 0.25) is 0 Å². The number of carboxylic acid groups (broad SMARTS) is 1. The van der Waals surface area contributed by atoms with E-state index in [2.05, 4.69) is 4.98 Å². The molecule has 0 aliphatic rings. The molecule has 0 aliphatic carbocycles. The number of ether oxygens (including phenoxy) is 1. The Balaban J connectivity index is 2.39. The number of imidazole rings is 1. The molecule has 0 aliphatic heterocycles. The summed E-state index contributed by atoms with van der Waals surface area (Å²) in [4.78, 5) is 28.8. The molecule has 0 radical (unpaired) electrons. The van der Waals surface area contributed by atoms with Crippen LogP contribution in [0, 0.1) is 6.92 Å². The maximum Gasteiger partial charge on any atom is 0.305 e. The summed E-state index contributed by atoms with van der Waals surface area (Å²) in [5.74, 6) is -0.631. The number of carbonyl (C=O) groups is 2. The fraction of sp³-hybridized carbons (Fsp3) is 0.357. The highest BCUT2D eigenvalue weighted by Gasteiger charge is 2.21. The van der Waals surface area contributed by atoms with Crippen molar-refractivity contribution in [1.29, 1.82) is 0 Å². The van der Waals surface area contributed by atoms with E-state index in [0.717, 1.165) is 0 Å². The smallest absolute Gasteiger partial charge is 0.305 e. The summed E-state index contributed by atoms with van der Waals surface area (Å²) in [7, 11) is 3.12. The predicted molar refractivity (Wildman–Crippen MR) is 75.7 cm³/mol. The van der Waals surface area contributed by atoms with E-state index in [0.29, 0.717) is 22.8 Å². The third-order valence-corrected chi connectivity index (χ3v) is 3.22. The van der Waals surface area contributed by atoms with E-state index < -0.39 is 5.97 Å². The normalized spacial score (nSPS) is 10.6. The first kappa shape index (κ1) is 14.8. The molecule has 2 heterocycles. The average Bonchev–Trinajstić information content (AvgIpc) is 2.79. The quantitative estimate of drug-likeness (QED) is 0.894. The van der Waals surface area contributed by atoms with E-state index in [1.54, 1.807) is 43.8 Å². The summed E-state index contributed by atoms with van der Waals surface area (Å²) in [6.45, 7) is 1.88. The number of methoxy groups -OCH3 is 1. The van der Waals surface area contributed by atoms with E-state index in [9.17, 15) is 9.59 Å². The standard InChI is InChI=1S/C14H17N3O4/c1-9-12(14(20)16(2)8-6-11(18)19)17-7-4-5-10(21-3)13(17)15-9/h4-5,7H,6,8H2,1-3H3,(H,18,19). The van der Waals surface area contributed by atoms with Crippen LogP contribution in [0.4, 0.5) is 0 Å². The van der Waals surface area contributed by atoms with Crippen LogP contribution in [0.5, 0.6) is 5.75 Å². The maximum atomic E-state index is 12.5. The molecule has 0 fully saturated rings. The molecule has 0 saturated carbocycles. The summed E-state index contributed by atoms with van der Waals surface area (Å²) in [6, 6.07) is 3.53. The van der Waals surface area contributed by atoms with Gasteiger partial charge in [0.1, 0.15) is 5.69 Å². The third-order valence-electron chi connectivity index (χ3n) is 3.22. The van der Waals surface area contributed by atoms with Gasteiger partial charge in [-0.25, -0.2) is 4.98 Å². The molecule has 1 N–H and O–H groups in total. The zero-order chi connectivity index (χ0) is 15.6. The van der Waals surface area contributed by atoms with Crippen LogP contribution in [0.15, 0.2) is 18.3 Å². The largest absolute Gasteiger partial charge is 0.493 e. The van der Waals surface area contributed by atoms with Crippen LogP contribution in [0.3, 0.4) is 0 Å². The van der Waals surface area contributed by atoms with Crippen molar-refractivity contribution >= 4 is 17.5 Å². The van der Waals surface area contributed by atoms with Crippen molar-refractivity contribution in [2.24, 2.45) is 0 Å². The first-order valence-electron chi connectivity index (χ1n) is 6.44. The summed E-state index contributed by atoms with van der Waals surface area (Å²) in [5.41, 5.74) is 1.55. The molecule has 7 heteroatoms. The number of carbonyl (C=O) groups excluding carboxylic acids is 1. The number of hydrogen-bond acceptors (Lipinski definition) is 4. The second-order valence-electron chi connectivity index (χ2n) is 4.69. The number of aryl methyl sites for hydroxylation is 1. The summed E-state index contributed by atoms with van der Waals surface area (Å²) >= 11 is 0. The number of aromatic nitrogens is 2. The van der Waals surface area contributed by atoms with E-state index >= 15 is 0 Å². The van der Waals surface area contributed by atoms with Gasteiger partial charge in [0, 0.05) is 19.8 Å². The molecule has 112 valence electrons. The van der Waals surface area contributed by atoms with E-state index in [1.807, 2.05) is 0 Å². The van der Waals surface area contributed by atoms with Crippen LogP contribution in [0.25, 0.3) is 5.65 Å². The fourth-order valence-electron chi connectivity index (χ4n) is 2.12. The van der Waals surface area contributed by atoms with Crippen molar-refractivity contribution in [1.82, 2.24) is 14.3 Å². The number of amides is 1. The average molecular weight is 291 g/mol. The topological polar surface area (TPSA) is 84.1 Å². The van der Waals surface area contributed by atoms with E-state index in [-0.39, 0.29) is 18.9 Å². The van der Waals surface area contributed by atoms with Gasteiger partial charge >= 0.3 is 5.97 Å². The fourth-order valence-corrected chi connectivity index (χ4v) is 2.12. The molecular weight excluding hydrogens is 274 g/mol. The van der Waals surface area contributed by atoms with Gasteiger partial charge in [0.25, 0.3) is 5.91 Å². The first-order valence-corrected chi connectivity index (χ1v) is 6.44. The maximum absolute atomic E-state index is 12.5. The molecular formula is C14H17N3O4. The Hall–Kier alpha value is -2.57. The molecule has 0 aromatic carbocycles. The lowest BCUT2D eigenvalue weighted by Gasteiger charge is -2.16. The minimum Gasteiger partial charge on any atom is -0.493 e. The van der Waals surface area contributed by atoms with Gasteiger partial charge < -0.3 is 14.7 Å². The highest BCUT2D eigenvalue weighted by atomic mass is 16.5. The highest BCUT2D eigenvalue weighted by Crippen LogP contribution is 2.22. The SMILES string of the molecule is COc1cccn2c(C(=O)N(C)CCC(=O)O)c(C)nc12. The van der Waals surface area contributed by atoms with Crippen molar-refractivity contribution in [2.75, 3.05) is 20.7 Å². The van der Waals surface area contributed by atoms with Gasteiger partial charge in [-0.3, -0.25) is 14.0 Å². The van der Waals surface area contributed by atoms with Crippen LogP contribution < -0.4 is 4.74 Å². The van der Waals surface area contributed by atoms with Crippen molar-refractivity contribution in [2.45, 2.75) is 13.3 Å². The second-order valence-corrected chi connectivity index (χ2v) is 4.69. The summed E-state index contributed by atoms with van der Waals surface area (Å²) in [5, 5.41) is 8.70. The molecule has 2 rings (SSSR count). The zero-order valence-corrected chi connectivity index (χ0v) is 12.2. The Kier molecular flexibility index (Phi) is 4.11. The number of hydrogen-bond donors (Lipinski definition) is 1. The van der Waals surface area contributed by atoms with Gasteiger partial charge in [-0.2, -0.15) is 0 Å². The van der Waals surface area contributed by atoms with Crippen molar-refractivity contribution in [3.63, 3.8) is 0 Å². The predicted octanol–water partition coefficient (Wildman–Crippen LogP) is 1.20.